The second-order valence-corrected chi connectivity index (χ2v) is 5.68. The number of aromatic carboxylic acids is 1. The Balaban J connectivity index is 1.75. The van der Waals surface area contributed by atoms with Crippen LogP contribution in [0.25, 0.3) is 0 Å². The van der Waals surface area contributed by atoms with Gasteiger partial charge in [0.1, 0.15) is 12.4 Å². The largest absolute Gasteiger partial charge is 0.487 e. The Hall–Kier alpha value is -2.21. The predicted molar refractivity (Wildman–Crippen MR) is 77.6 cm³/mol. The van der Waals surface area contributed by atoms with Gasteiger partial charge in [-0.2, -0.15) is 0 Å². The van der Waals surface area contributed by atoms with Gasteiger partial charge in [0.25, 0.3) is 0 Å². The smallest absolute Gasteiger partial charge is 0.349 e. The fraction of sp³-hybridized carbons (Fsp3) is 0.267. The summed E-state index contributed by atoms with van der Waals surface area (Å²) in [6.45, 7) is 2.50. The van der Waals surface area contributed by atoms with E-state index in [4.69, 9.17) is 14.2 Å². The molecule has 0 bridgehead atoms. The second kappa shape index (κ2) is 5.65. The lowest BCUT2D eigenvalue weighted by Crippen LogP contribution is -2.00. The van der Waals surface area contributed by atoms with Gasteiger partial charge in [-0.15, -0.1) is 11.3 Å². The van der Waals surface area contributed by atoms with Crippen molar-refractivity contribution >= 4 is 17.3 Å². The average molecular weight is 306 g/mol. The molecule has 1 aliphatic rings. The van der Waals surface area contributed by atoms with E-state index in [0.29, 0.717) is 17.2 Å². The summed E-state index contributed by atoms with van der Waals surface area (Å²) in [7, 11) is 0. The molecule has 0 atom stereocenters. The summed E-state index contributed by atoms with van der Waals surface area (Å²) in [5.41, 5.74) is 0.903. The highest BCUT2D eigenvalue weighted by Crippen LogP contribution is 2.34. The summed E-state index contributed by atoms with van der Waals surface area (Å²) >= 11 is 1.25. The van der Waals surface area contributed by atoms with Crippen LogP contribution < -0.4 is 14.2 Å². The Morgan fingerprint density at radius 2 is 2.14 bits per heavy atom. The SMILES string of the molecule is CCc1cc(OCc2ccc3c(c2)OCO3)c(C(=O)O)s1. The molecule has 0 saturated carbocycles. The molecule has 0 amide bonds. The quantitative estimate of drug-likeness (QED) is 0.918. The molecule has 110 valence electrons. The molecule has 1 aliphatic heterocycles. The molecule has 0 spiro atoms. The van der Waals surface area contributed by atoms with Crippen LogP contribution in [0.5, 0.6) is 17.2 Å². The van der Waals surface area contributed by atoms with E-state index in [1.54, 1.807) is 6.07 Å². The van der Waals surface area contributed by atoms with Crippen LogP contribution in [-0.2, 0) is 13.0 Å². The lowest BCUT2D eigenvalue weighted by Gasteiger charge is -2.06. The van der Waals surface area contributed by atoms with E-state index in [1.807, 2.05) is 25.1 Å². The van der Waals surface area contributed by atoms with E-state index in [2.05, 4.69) is 0 Å². The van der Waals surface area contributed by atoms with Gasteiger partial charge in [0, 0.05) is 4.88 Å². The first-order chi connectivity index (χ1) is 10.2. The molecular formula is C15H14O5S. The minimum atomic E-state index is -0.958. The van der Waals surface area contributed by atoms with Crippen LogP contribution in [0.4, 0.5) is 0 Å². The number of carboxylic acid groups (broad SMARTS) is 1. The summed E-state index contributed by atoms with van der Waals surface area (Å²) in [5, 5.41) is 9.19. The summed E-state index contributed by atoms with van der Waals surface area (Å²) in [5.74, 6) is 0.866. The van der Waals surface area contributed by atoms with Gasteiger partial charge in [-0.05, 0) is 30.2 Å². The molecular weight excluding hydrogens is 292 g/mol. The Morgan fingerprint density at radius 1 is 1.33 bits per heavy atom. The number of aryl methyl sites for hydroxylation is 1. The van der Waals surface area contributed by atoms with Crippen LogP contribution in [0, 0.1) is 0 Å². The number of carboxylic acids is 1. The van der Waals surface area contributed by atoms with Gasteiger partial charge < -0.3 is 19.3 Å². The molecule has 2 heterocycles. The molecule has 3 rings (SSSR count). The maximum atomic E-state index is 11.2. The fourth-order valence-corrected chi connectivity index (χ4v) is 2.92. The first-order valence-electron chi connectivity index (χ1n) is 6.54. The van der Waals surface area contributed by atoms with Crippen LogP contribution >= 0.6 is 11.3 Å². The van der Waals surface area contributed by atoms with Crippen molar-refractivity contribution in [3.05, 3.63) is 39.6 Å². The lowest BCUT2D eigenvalue weighted by atomic mass is 10.2. The van der Waals surface area contributed by atoms with Gasteiger partial charge in [0.15, 0.2) is 16.4 Å². The molecule has 0 saturated heterocycles. The van der Waals surface area contributed by atoms with Crippen molar-refractivity contribution in [1.82, 2.24) is 0 Å². The van der Waals surface area contributed by atoms with Crippen molar-refractivity contribution in [3.8, 4) is 17.2 Å². The van der Waals surface area contributed by atoms with Gasteiger partial charge in [0.05, 0.1) is 0 Å². The van der Waals surface area contributed by atoms with Crippen molar-refractivity contribution in [3.63, 3.8) is 0 Å². The summed E-state index contributed by atoms with van der Waals surface area (Å²) < 4.78 is 16.2. The minimum absolute atomic E-state index is 0.229. The van der Waals surface area contributed by atoms with E-state index >= 15 is 0 Å². The number of thiophene rings is 1. The molecule has 1 aromatic carbocycles. The molecule has 0 unspecified atom stereocenters. The van der Waals surface area contributed by atoms with Crippen LogP contribution in [0.2, 0.25) is 0 Å². The van der Waals surface area contributed by atoms with Crippen LogP contribution in [-0.4, -0.2) is 17.9 Å². The zero-order valence-electron chi connectivity index (χ0n) is 11.4. The third-order valence-corrected chi connectivity index (χ3v) is 4.37. The third kappa shape index (κ3) is 2.80. The molecule has 0 radical (unpaired) electrons. The number of hydrogen-bond acceptors (Lipinski definition) is 5. The van der Waals surface area contributed by atoms with Crippen LogP contribution in [0.1, 0.15) is 27.0 Å². The summed E-state index contributed by atoms with van der Waals surface area (Å²) in [6, 6.07) is 7.34. The Kier molecular flexibility index (Phi) is 3.70. The second-order valence-electron chi connectivity index (χ2n) is 4.54. The van der Waals surface area contributed by atoms with Gasteiger partial charge in [-0.25, -0.2) is 4.79 Å². The molecule has 0 aliphatic carbocycles. The number of benzene rings is 1. The Morgan fingerprint density at radius 3 is 2.90 bits per heavy atom. The van der Waals surface area contributed by atoms with Crippen molar-refractivity contribution in [2.75, 3.05) is 6.79 Å². The van der Waals surface area contributed by atoms with Gasteiger partial charge in [-0.3, -0.25) is 0 Å². The van der Waals surface area contributed by atoms with E-state index in [-0.39, 0.29) is 18.3 Å². The molecule has 1 aromatic heterocycles. The number of fused-ring (bicyclic) bond motifs is 1. The van der Waals surface area contributed by atoms with Gasteiger partial charge in [-0.1, -0.05) is 13.0 Å². The van der Waals surface area contributed by atoms with Gasteiger partial charge in [0.2, 0.25) is 6.79 Å². The molecule has 21 heavy (non-hydrogen) atoms. The number of ether oxygens (including phenoxy) is 3. The molecule has 5 nitrogen and oxygen atoms in total. The molecule has 2 aromatic rings. The minimum Gasteiger partial charge on any atom is -0.487 e. The van der Waals surface area contributed by atoms with Crippen molar-refractivity contribution < 1.29 is 24.1 Å². The maximum Gasteiger partial charge on any atom is 0.349 e. The van der Waals surface area contributed by atoms with E-state index in [1.165, 1.54) is 11.3 Å². The standard InChI is InChI=1S/C15H14O5S/c1-2-10-6-13(14(21-10)15(16)17)18-7-9-3-4-11-12(5-9)20-8-19-11/h3-6H,2,7-8H2,1H3,(H,16,17). The number of carbonyl (C=O) groups is 1. The Bertz CT molecular complexity index is 677. The lowest BCUT2D eigenvalue weighted by molar-refractivity contribution is 0.0697. The Labute approximate surface area is 125 Å². The van der Waals surface area contributed by atoms with Crippen molar-refractivity contribution in [2.24, 2.45) is 0 Å². The monoisotopic (exact) mass is 306 g/mol. The summed E-state index contributed by atoms with van der Waals surface area (Å²) in [6.07, 6.45) is 0.790. The zero-order chi connectivity index (χ0) is 14.8. The molecule has 1 N–H and O–H groups in total. The highest BCUT2D eigenvalue weighted by Gasteiger charge is 2.17. The van der Waals surface area contributed by atoms with E-state index in [0.717, 1.165) is 16.9 Å². The normalized spacial score (nSPS) is 12.4. The first-order valence-corrected chi connectivity index (χ1v) is 7.36. The number of hydrogen-bond donors (Lipinski definition) is 1. The topological polar surface area (TPSA) is 65.0 Å². The maximum absolute atomic E-state index is 11.2. The van der Waals surface area contributed by atoms with Crippen LogP contribution in [0.3, 0.4) is 0 Å². The fourth-order valence-electron chi connectivity index (χ4n) is 2.04. The van der Waals surface area contributed by atoms with Crippen molar-refractivity contribution in [1.29, 1.82) is 0 Å². The van der Waals surface area contributed by atoms with Crippen LogP contribution in [0.15, 0.2) is 24.3 Å². The molecule has 6 heteroatoms. The first kappa shape index (κ1) is 13.8. The predicted octanol–water partition coefficient (Wildman–Crippen LogP) is 3.32. The number of rotatable bonds is 5. The van der Waals surface area contributed by atoms with E-state index < -0.39 is 5.97 Å². The molecule has 0 fully saturated rings. The van der Waals surface area contributed by atoms with Gasteiger partial charge >= 0.3 is 5.97 Å². The highest BCUT2D eigenvalue weighted by molar-refractivity contribution is 7.14. The third-order valence-electron chi connectivity index (χ3n) is 3.12. The zero-order valence-corrected chi connectivity index (χ0v) is 12.2. The average Bonchev–Trinajstić information content (AvgIpc) is 3.10. The highest BCUT2D eigenvalue weighted by atomic mass is 32.1. The van der Waals surface area contributed by atoms with Crippen molar-refractivity contribution in [2.45, 2.75) is 20.0 Å². The van der Waals surface area contributed by atoms with E-state index in [9.17, 15) is 9.90 Å². The summed E-state index contributed by atoms with van der Waals surface area (Å²) in [4.78, 5) is 12.4.